The first-order chi connectivity index (χ1) is 8.60. The minimum absolute atomic E-state index is 0.600. The van der Waals surface area contributed by atoms with Crippen LogP contribution in [0.25, 0.3) is 0 Å². The zero-order valence-electron chi connectivity index (χ0n) is 9.02. The Labute approximate surface area is 109 Å². The maximum absolute atomic E-state index is 12.2. The van der Waals surface area contributed by atoms with Crippen molar-refractivity contribution in [1.29, 1.82) is 5.26 Å². The first-order valence-electron chi connectivity index (χ1n) is 4.27. The molecule has 0 amide bonds. The van der Waals surface area contributed by atoms with Gasteiger partial charge in [-0.3, -0.25) is 0 Å². The van der Waals surface area contributed by atoms with Crippen molar-refractivity contribution in [3.05, 3.63) is 11.8 Å². The molecule has 1 aromatic rings. The van der Waals surface area contributed by atoms with E-state index in [4.69, 9.17) is 15.9 Å². The number of methoxy groups -OCH3 is 1. The molecule has 0 N–H and O–H groups in total. The molecule has 0 aliphatic carbocycles. The van der Waals surface area contributed by atoms with Crippen LogP contribution < -0.4 is 9.47 Å². The zero-order valence-corrected chi connectivity index (χ0v) is 10.6. The minimum Gasteiger partial charge on any atom is -0.478 e. The lowest BCUT2D eigenvalue weighted by molar-refractivity contribution is -0.275. The molecule has 11 heteroatoms. The number of alkyl halides is 3. The lowest BCUT2D eigenvalue weighted by Crippen LogP contribution is -2.19. The van der Waals surface area contributed by atoms with Crippen molar-refractivity contribution in [2.45, 2.75) is 11.3 Å². The Morgan fingerprint density at radius 2 is 2.05 bits per heavy atom. The predicted molar refractivity (Wildman–Crippen MR) is 55.2 cm³/mol. The Hall–Kier alpha value is -1.73. The van der Waals surface area contributed by atoms with Crippen molar-refractivity contribution in [3.63, 3.8) is 0 Å². The summed E-state index contributed by atoms with van der Waals surface area (Å²) in [7, 11) is 1.49. The minimum atomic E-state index is -5.16. The highest BCUT2D eigenvalue weighted by molar-refractivity contribution is 8.13. The second-order valence-electron chi connectivity index (χ2n) is 2.93. The van der Waals surface area contributed by atoms with Gasteiger partial charge in [-0.1, -0.05) is 0 Å². The van der Waals surface area contributed by atoms with Crippen molar-refractivity contribution in [2.24, 2.45) is 0 Å². The molecule has 0 saturated heterocycles. The molecule has 0 aliphatic heterocycles. The summed E-state index contributed by atoms with van der Waals surface area (Å²) in [5.74, 6) is -1.86. The number of halogens is 4. The van der Waals surface area contributed by atoms with Gasteiger partial charge in [-0.25, -0.2) is 13.4 Å². The van der Waals surface area contributed by atoms with Crippen LogP contribution in [0.1, 0.15) is 5.56 Å². The van der Waals surface area contributed by atoms with E-state index in [1.165, 1.54) is 6.07 Å². The van der Waals surface area contributed by atoms with Gasteiger partial charge in [0.05, 0.1) is 13.3 Å². The second-order valence-corrected chi connectivity index (χ2v) is 5.47. The highest BCUT2D eigenvalue weighted by Gasteiger charge is 2.36. The van der Waals surface area contributed by atoms with Crippen molar-refractivity contribution < 1.29 is 31.1 Å². The van der Waals surface area contributed by atoms with Crippen LogP contribution in [0.4, 0.5) is 13.2 Å². The lowest BCUT2D eigenvalue weighted by Gasteiger charge is -2.13. The Morgan fingerprint density at radius 1 is 1.47 bits per heavy atom. The van der Waals surface area contributed by atoms with E-state index in [1.54, 1.807) is 0 Å². The molecule has 104 valence electrons. The van der Waals surface area contributed by atoms with Crippen LogP contribution in [-0.4, -0.2) is 26.9 Å². The molecule has 0 saturated carbocycles. The highest BCUT2D eigenvalue weighted by atomic mass is 35.7. The largest absolute Gasteiger partial charge is 0.573 e. The first-order valence-corrected chi connectivity index (χ1v) is 6.58. The van der Waals surface area contributed by atoms with E-state index in [1.807, 2.05) is 0 Å². The average Bonchev–Trinajstić information content (AvgIpc) is 2.25. The third kappa shape index (κ3) is 3.62. The molecular formula is C8H4ClF3N2O4S. The Kier molecular flexibility index (Phi) is 4.12. The van der Waals surface area contributed by atoms with E-state index in [9.17, 15) is 21.6 Å². The maximum atomic E-state index is 12.2. The van der Waals surface area contributed by atoms with E-state index in [0.717, 1.165) is 7.11 Å². The maximum Gasteiger partial charge on any atom is 0.573 e. The molecule has 1 rings (SSSR count). The number of nitriles is 1. The smallest absolute Gasteiger partial charge is 0.478 e. The average molecular weight is 317 g/mol. The summed E-state index contributed by atoms with van der Waals surface area (Å²) in [6.07, 6.45) is -4.56. The fourth-order valence-corrected chi connectivity index (χ4v) is 2.02. The topological polar surface area (TPSA) is 89.3 Å². The number of ether oxygens (including phenoxy) is 2. The zero-order chi connectivity index (χ0) is 14.8. The summed E-state index contributed by atoms with van der Waals surface area (Å²) in [5.41, 5.74) is -0.945. The fraction of sp³-hybridized carbons (Fsp3) is 0.250. The fourth-order valence-electron chi connectivity index (χ4n) is 1.11. The molecule has 1 heterocycles. The SMILES string of the molecule is COc1ncc(S(=O)(=O)Cl)c(C#N)c1OC(F)(F)F. The van der Waals surface area contributed by atoms with Crippen LogP contribution in [0, 0.1) is 11.3 Å². The third-order valence-corrected chi connectivity index (χ3v) is 3.09. The molecule has 0 aliphatic rings. The van der Waals surface area contributed by atoms with Crippen molar-refractivity contribution in [3.8, 4) is 17.7 Å². The van der Waals surface area contributed by atoms with Crippen LogP contribution in [0.15, 0.2) is 11.1 Å². The lowest BCUT2D eigenvalue weighted by atomic mass is 10.2. The van der Waals surface area contributed by atoms with Gasteiger partial charge >= 0.3 is 6.36 Å². The number of rotatable bonds is 3. The van der Waals surface area contributed by atoms with E-state index >= 15 is 0 Å². The molecule has 1 aromatic heterocycles. The van der Waals surface area contributed by atoms with Gasteiger partial charge in [0.25, 0.3) is 14.9 Å². The summed E-state index contributed by atoms with van der Waals surface area (Å²) in [6, 6.07) is 1.26. The van der Waals surface area contributed by atoms with E-state index in [-0.39, 0.29) is 0 Å². The summed E-state index contributed by atoms with van der Waals surface area (Å²) in [6.45, 7) is 0. The van der Waals surface area contributed by atoms with Gasteiger partial charge in [-0.05, 0) is 0 Å². The number of hydrogen-bond acceptors (Lipinski definition) is 6. The quantitative estimate of drug-likeness (QED) is 0.790. The van der Waals surface area contributed by atoms with Gasteiger partial charge in [0.2, 0.25) is 5.75 Å². The van der Waals surface area contributed by atoms with Gasteiger partial charge < -0.3 is 9.47 Å². The van der Waals surface area contributed by atoms with Gasteiger partial charge in [0, 0.05) is 10.7 Å². The normalized spacial score (nSPS) is 11.8. The number of hydrogen-bond donors (Lipinski definition) is 0. The van der Waals surface area contributed by atoms with E-state index in [2.05, 4.69) is 14.5 Å². The van der Waals surface area contributed by atoms with Crippen molar-refractivity contribution in [2.75, 3.05) is 7.11 Å². The Bertz CT molecular complexity index is 639. The van der Waals surface area contributed by atoms with Crippen LogP contribution in [0.5, 0.6) is 11.6 Å². The van der Waals surface area contributed by atoms with Gasteiger partial charge in [-0.15, -0.1) is 13.2 Å². The second kappa shape index (κ2) is 5.10. The molecular weight excluding hydrogens is 313 g/mol. The highest BCUT2D eigenvalue weighted by Crippen LogP contribution is 2.37. The van der Waals surface area contributed by atoms with Crippen LogP contribution in [0.3, 0.4) is 0 Å². The molecule has 0 fully saturated rings. The van der Waals surface area contributed by atoms with Gasteiger partial charge in [0.15, 0.2) is 0 Å². The summed E-state index contributed by atoms with van der Waals surface area (Å²) >= 11 is 0. The number of pyridine rings is 1. The molecule has 0 radical (unpaired) electrons. The molecule has 0 atom stereocenters. The van der Waals surface area contributed by atoms with Crippen LogP contribution >= 0.6 is 10.7 Å². The predicted octanol–water partition coefficient (Wildman–Crippen LogP) is 1.79. The number of nitrogens with zero attached hydrogens (tertiary/aromatic N) is 2. The monoisotopic (exact) mass is 316 g/mol. The van der Waals surface area contributed by atoms with Crippen molar-refractivity contribution >= 4 is 19.7 Å². The van der Waals surface area contributed by atoms with E-state index < -0.39 is 37.5 Å². The van der Waals surface area contributed by atoms with Crippen LogP contribution in [-0.2, 0) is 9.05 Å². The molecule has 0 bridgehead atoms. The Morgan fingerprint density at radius 3 is 2.42 bits per heavy atom. The van der Waals surface area contributed by atoms with Crippen LogP contribution in [0.2, 0.25) is 0 Å². The van der Waals surface area contributed by atoms with Crippen molar-refractivity contribution in [1.82, 2.24) is 4.98 Å². The standard InChI is InChI=1S/C8H4ClF3N2O4S/c1-17-7-6(18-8(10,11)12)4(2-13)5(3-14-7)19(9,15)16/h3H,1H3. The molecule has 19 heavy (non-hydrogen) atoms. The summed E-state index contributed by atoms with van der Waals surface area (Å²) in [4.78, 5) is 2.39. The molecule has 0 unspecified atom stereocenters. The molecule has 0 spiro atoms. The Balaban J connectivity index is 3.62. The molecule has 0 aromatic carbocycles. The number of aromatic nitrogens is 1. The first kappa shape index (κ1) is 15.3. The van der Waals surface area contributed by atoms with Gasteiger partial charge in [0.1, 0.15) is 16.5 Å². The van der Waals surface area contributed by atoms with E-state index in [0.29, 0.717) is 6.20 Å². The third-order valence-electron chi connectivity index (χ3n) is 1.75. The summed E-state index contributed by atoms with van der Waals surface area (Å²) < 4.78 is 66.9. The van der Waals surface area contributed by atoms with Gasteiger partial charge in [-0.2, -0.15) is 5.26 Å². The summed E-state index contributed by atoms with van der Waals surface area (Å²) in [5, 5.41) is 8.78. The molecule has 6 nitrogen and oxygen atoms in total.